The van der Waals surface area contributed by atoms with Crippen LogP contribution in [0, 0.1) is 5.82 Å². The van der Waals surface area contributed by atoms with Crippen molar-refractivity contribution in [3.63, 3.8) is 0 Å². The first-order valence-electron chi connectivity index (χ1n) is 6.29. The summed E-state index contributed by atoms with van der Waals surface area (Å²) < 4.78 is 20.0. The lowest BCUT2D eigenvalue weighted by atomic mass is 9.99. The third-order valence-corrected chi connectivity index (χ3v) is 4.45. The van der Waals surface area contributed by atoms with Gasteiger partial charge in [0.1, 0.15) is 0 Å². The standard InChI is InChI=1S/C15H15BrClFN2O/c1-21-14-4-2-3-10(15(14)18)8-13(20-19)9-5-6-12(17)11(16)7-9/h2-7,13,20H,8,19H2,1H3. The highest BCUT2D eigenvalue weighted by Gasteiger charge is 2.16. The van der Waals surface area contributed by atoms with Crippen LogP contribution in [0.5, 0.6) is 5.75 Å². The third kappa shape index (κ3) is 3.74. The maximum atomic E-state index is 14.2. The number of nitrogens with one attached hydrogen (secondary N) is 1. The van der Waals surface area contributed by atoms with Crippen LogP contribution >= 0.6 is 27.5 Å². The van der Waals surface area contributed by atoms with E-state index in [0.29, 0.717) is 17.0 Å². The first-order valence-corrected chi connectivity index (χ1v) is 7.46. The summed E-state index contributed by atoms with van der Waals surface area (Å²) in [6, 6.07) is 10.3. The molecular formula is C15H15BrClFN2O. The molecule has 0 fully saturated rings. The van der Waals surface area contributed by atoms with Crippen molar-refractivity contribution < 1.29 is 9.13 Å². The van der Waals surface area contributed by atoms with E-state index >= 15 is 0 Å². The van der Waals surface area contributed by atoms with Crippen LogP contribution in [0.1, 0.15) is 17.2 Å². The molecule has 0 aliphatic heterocycles. The van der Waals surface area contributed by atoms with E-state index in [2.05, 4.69) is 21.4 Å². The molecule has 0 radical (unpaired) electrons. The Bertz CT molecular complexity index is 639. The van der Waals surface area contributed by atoms with Gasteiger partial charge in [-0.1, -0.05) is 29.8 Å². The number of rotatable bonds is 5. The summed E-state index contributed by atoms with van der Waals surface area (Å²) >= 11 is 9.35. The van der Waals surface area contributed by atoms with Crippen molar-refractivity contribution in [3.05, 3.63) is 62.8 Å². The van der Waals surface area contributed by atoms with Crippen molar-refractivity contribution in [1.82, 2.24) is 5.43 Å². The van der Waals surface area contributed by atoms with Gasteiger partial charge in [-0.05, 0) is 51.7 Å². The lowest BCUT2D eigenvalue weighted by Crippen LogP contribution is -2.29. The Labute approximate surface area is 136 Å². The second-order valence-electron chi connectivity index (χ2n) is 4.53. The first-order chi connectivity index (χ1) is 10.1. The lowest BCUT2D eigenvalue weighted by molar-refractivity contribution is 0.382. The molecule has 0 spiro atoms. The zero-order valence-electron chi connectivity index (χ0n) is 11.4. The number of hydrazine groups is 1. The molecule has 0 amide bonds. The zero-order chi connectivity index (χ0) is 15.4. The van der Waals surface area contributed by atoms with Crippen LogP contribution < -0.4 is 16.0 Å². The van der Waals surface area contributed by atoms with Crippen molar-refractivity contribution in [2.24, 2.45) is 5.84 Å². The Morgan fingerprint density at radius 3 is 2.76 bits per heavy atom. The molecule has 1 atom stereocenters. The summed E-state index contributed by atoms with van der Waals surface area (Å²) in [4.78, 5) is 0. The minimum Gasteiger partial charge on any atom is -0.494 e. The van der Waals surface area contributed by atoms with Gasteiger partial charge in [-0.15, -0.1) is 0 Å². The molecule has 2 rings (SSSR count). The molecule has 3 nitrogen and oxygen atoms in total. The van der Waals surface area contributed by atoms with Crippen LogP contribution in [0.15, 0.2) is 40.9 Å². The molecule has 112 valence electrons. The summed E-state index contributed by atoms with van der Waals surface area (Å²) in [5.74, 6) is 5.46. The van der Waals surface area contributed by atoms with Crippen LogP contribution in [-0.2, 0) is 6.42 Å². The van der Waals surface area contributed by atoms with Gasteiger partial charge in [0.25, 0.3) is 0 Å². The summed E-state index contributed by atoms with van der Waals surface area (Å²) in [5, 5.41) is 0.613. The number of hydrogen-bond acceptors (Lipinski definition) is 3. The number of hydrogen-bond donors (Lipinski definition) is 2. The molecule has 0 bridgehead atoms. The Morgan fingerprint density at radius 1 is 1.38 bits per heavy atom. The second-order valence-corrected chi connectivity index (χ2v) is 5.79. The average molecular weight is 374 g/mol. The molecule has 2 aromatic carbocycles. The molecule has 0 aliphatic rings. The van der Waals surface area contributed by atoms with Gasteiger partial charge in [0.05, 0.1) is 18.2 Å². The van der Waals surface area contributed by atoms with Crippen LogP contribution in [0.2, 0.25) is 5.02 Å². The van der Waals surface area contributed by atoms with E-state index in [9.17, 15) is 4.39 Å². The van der Waals surface area contributed by atoms with Gasteiger partial charge in [0.15, 0.2) is 11.6 Å². The fourth-order valence-electron chi connectivity index (χ4n) is 2.09. The number of methoxy groups -OCH3 is 1. The van der Waals surface area contributed by atoms with Crippen molar-refractivity contribution in [2.75, 3.05) is 7.11 Å². The quantitative estimate of drug-likeness (QED) is 0.615. The van der Waals surface area contributed by atoms with Crippen LogP contribution in [0.3, 0.4) is 0 Å². The van der Waals surface area contributed by atoms with Gasteiger partial charge in [-0.2, -0.15) is 0 Å². The molecular weight excluding hydrogens is 359 g/mol. The van der Waals surface area contributed by atoms with E-state index in [1.807, 2.05) is 12.1 Å². The summed E-state index contributed by atoms with van der Waals surface area (Å²) in [7, 11) is 1.44. The van der Waals surface area contributed by atoms with Crippen molar-refractivity contribution >= 4 is 27.5 Å². The van der Waals surface area contributed by atoms with E-state index < -0.39 is 0 Å². The minimum absolute atomic E-state index is 0.223. The summed E-state index contributed by atoms with van der Waals surface area (Å²) in [5.41, 5.74) is 4.15. The maximum Gasteiger partial charge on any atom is 0.168 e. The SMILES string of the molecule is COc1cccc(CC(NN)c2ccc(Cl)c(Br)c2)c1F. The van der Waals surface area contributed by atoms with Crippen LogP contribution in [-0.4, -0.2) is 7.11 Å². The molecule has 21 heavy (non-hydrogen) atoms. The molecule has 0 aliphatic carbocycles. The van der Waals surface area contributed by atoms with Gasteiger partial charge < -0.3 is 4.74 Å². The van der Waals surface area contributed by atoms with Gasteiger partial charge >= 0.3 is 0 Å². The largest absolute Gasteiger partial charge is 0.494 e. The van der Waals surface area contributed by atoms with Gasteiger partial charge in [-0.3, -0.25) is 11.3 Å². The normalized spacial score (nSPS) is 12.2. The third-order valence-electron chi connectivity index (χ3n) is 3.23. The van der Waals surface area contributed by atoms with E-state index in [4.69, 9.17) is 22.2 Å². The lowest BCUT2D eigenvalue weighted by Gasteiger charge is -2.18. The molecule has 2 aromatic rings. The molecule has 0 saturated carbocycles. The summed E-state index contributed by atoms with van der Waals surface area (Å²) in [6.45, 7) is 0. The van der Waals surface area contributed by atoms with Crippen molar-refractivity contribution in [3.8, 4) is 5.75 Å². The number of halogens is 3. The highest BCUT2D eigenvalue weighted by Crippen LogP contribution is 2.29. The smallest absolute Gasteiger partial charge is 0.168 e. The Kier molecular flexibility index (Phi) is 5.58. The summed E-state index contributed by atoms with van der Waals surface area (Å²) in [6.07, 6.45) is 0.396. The van der Waals surface area contributed by atoms with Crippen LogP contribution in [0.25, 0.3) is 0 Å². The van der Waals surface area contributed by atoms with E-state index in [0.717, 1.165) is 10.0 Å². The predicted octanol–water partition coefficient (Wildman–Crippen LogP) is 4.00. The van der Waals surface area contributed by atoms with E-state index in [1.54, 1.807) is 24.3 Å². The second kappa shape index (κ2) is 7.22. The fourth-order valence-corrected chi connectivity index (χ4v) is 2.61. The van der Waals surface area contributed by atoms with Crippen molar-refractivity contribution in [2.45, 2.75) is 12.5 Å². The number of nitrogens with two attached hydrogens (primary N) is 1. The average Bonchev–Trinajstić information content (AvgIpc) is 2.49. The molecule has 0 saturated heterocycles. The van der Waals surface area contributed by atoms with E-state index in [1.165, 1.54) is 7.11 Å². The Morgan fingerprint density at radius 2 is 2.14 bits per heavy atom. The minimum atomic E-state index is -0.367. The number of ether oxygens (including phenoxy) is 1. The van der Waals surface area contributed by atoms with Crippen molar-refractivity contribution in [1.29, 1.82) is 0 Å². The predicted molar refractivity (Wildman–Crippen MR) is 85.9 cm³/mol. The topological polar surface area (TPSA) is 47.3 Å². The zero-order valence-corrected chi connectivity index (χ0v) is 13.7. The van der Waals surface area contributed by atoms with E-state index in [-0.39, 0.29) is 17.6 Å². The number of benzene rings is 2. The first kappa shape index (κ1) is 16.2. The molecule has 6 heteroatoms. The van der Waals surface area contributed by atoms with Gasteiger partial charge in [0, 0.05) is 4.47 Å². The monoisotopic (exact) mass is 372 g/mol. The highest BCUT2D eigenvalue weighted by atomic mass is 79.9. The molecule has 0 aromatic heterocycles. The highest BCUT2D eigenvalue weighted by molar-refractivity contribution is 9.10. The van der Waals surface area contributed by atoms with Crippen LogP contribution in [0.4, 0.5) is 4.39 Å². The van der Waals surface area contributed by atoms with Gasteiger partial charge in [0.2, 0.25) is 0 Å². The van der Waals surface area contributed by atoms with Gasteiger partial charge in [-0.25, -0.2) is 4.39 Å². The molecule has 0 heterocycles. The Balaban J connectivity index is 2.29. The Hall–Kier alpha value is -1.14. The fraction of sp³-hybridized carbons (Fsp3) is 0.200. The molecule has 1 unspecified atom stereocenters. The molecule has 3 N–H and O–H groups in total. The maximum absolute atomic E-state index is 14.2.